The number of aryl methyl sites for hydroxylation is 1. The molecule has 3 rings (SSSR count). The minimum absolute atomic E-state index is 0.0283. The van der Waals surface area contributed by atoms with Crippen LogP contribution in [0.15, 0.2) is 59.5 Å². The summed E-state index contributed by atoms with van der Waals surface area (Å²) in [5.74, 6) is -4.07. The molecular weight excluding hydrogens is 623 g/mol. The number of aromatic nitrogens is 1. The molecule has 3 aromatic rings. The molecule has 45 heavy (non-hydrogen) atoms. The molecule has 1 heterocycles. The Kier molecular flexibility index (Phi) is 12.4. The molecule has 1 aromatic heterocycles. The van der Waals surface area contributed by atoms with Gasteiger partial charge in [0.25, 0.3) is 11.5 Å². The number of amides is 1. The fraction of sp³-hybridized carbons (Fsp3) is 0.379. The predicted octanol–water partition coefficient (Wildman–Crippen LogP) is 2.65. The number of fused-ring (bicyclic) bond motifs is 1. The Morgan fingerprint density at radius 1 is 1.02 bits per heavy atom. The second-order valence-electron chi connectivity index (χ2n) is 10.5. The van der Waals surface area contributed by atoms with E-state index in [9.17, 15) is 36.0 Å². The largest absolute Gasteiger partial charge is 0.490 e. The molecule has 0 spiro atoms. The molecule has 1 atom stereocenters. The van der Waals surface area contributed by atoms with E-state index in [0.717, 1.165) is 28.3 Å². The standard InChI is InChI=1S/C27H33N3O7S.C2HF3O2/c1-27(26(33)28-34,38(4,35)36)13-15-30-14-11-22-17-21(9-10-23(22)25(30)32)20-7-5-19(6-8-20)12-16-37-24(31)18-29(2)3;3-2(4,5)1(6)7/h5-11,14,17,34H,12-13,15-16,18H2,1-4H3,(H,28,33);(H,6,7)/t27-;/m1./s1. The quantitative estimate of drug-likeness (QED) is 0.158. The van der Waals surface area contributed by atoms with Gasteiger partial charge in [-0.15, -0.1) is 0 Å². The molecular formula is C29H34F3N3O9S. The monoisotopic (exact) mass is 657 g/mol. The first kappa shape index (κ1) is 36.9. The van der Waals surface area contributed by atoms with E-state index in [1.807, 2.05) is 36.4 Å². The number of hydrogen-bond acceptors (Lipinski definition) is 9. The third-order valence-corrected chi connectivity index (χ3v) is 8.86. The zero-order valence-electron chi connectivity index (χ0n) is 24.9. The highest BCUT2D eigenvalue weighted by molar-refractivity contribution is 7.92. The molecule has 0 bridgehead atoms. The van der Waals surface area contributed by atoms with Crippen LogP contribution >= 0.6 is 0 Å². The Labute approximate surface area is 256 Å². The van der Waals surface area contributed by atoms with Crippen LogP contribution in [0.4, 0.5) is 13.2 Å². The summed E-state index contributed by atoms with van der Waals surface area (Å²) >= 11 is 0. The Morgan fingerprint density at radius 3 is 2.11 bits per heavy atom. The number of carboxylic acid groups (broad SMARTS) is 1. The van der Waals surface area contributed by atoms with Crippen LogP contribution in [-0.4, -0.2) is 90.5 Å². The van der Waals surface area contributed by atoms with Crippen molar-refractivity contribution in [3.05, 3.63) is 70.6 Å². The van der Waals surface area contributed by atoms with E-state index < -0.39 is 32.6 Å². The highest BCUT2D eigenvalue weighted by Crippen LogP contribution is 2.25. The molecule has 3 N–H and O–H groups in total. The summed E-state index contributed by atoms with van der Waals surface area (Å²) in [5, 5.41) is 17.3. The molecule has 16 heteroatoms. The third-order valence-electron chi connectivity index (χ3n) is 6.84. The van der Waals surface area contributed by atoms with Gasteiger partial charge in [0.05, 0.1) is 13.2 Å². The van der Waals surface area contributed by atoms with Gasteiger partial charge in [-0.3, -0.25) is 24.5 Å². The number of hydrogen-bond donors (Lipinski definition) is 3. The van der Waals surface area contributed by atoms with Gasteiger partial charge in [-0.25, -0.2) is 18.7 Å². The smallest absolute Gasteiger partial charge is 0.475 e. The molecule has 0 radical (unpaired) electrons. The Morgan fingerprint density at radius 2 is 1.60 bits per heavy atom. The lowest BCUT2D eigenvalue weighted by Gasteiger charge is -2.25. The molecule has 0 aliphatic carbocycles. The number of likely N-dealkylation sites (N-methyl/N-ethyl adjacent to an activating group) is 1. The van der Waals surface area contributed by atoms with Crippen molar-refractivity contribution in [3.8, 4) is 11.1 Å². The average molecular weight is 658 g/mol. The molecule has 246 valence electrons. The van der Waals surface area contributed by atoms with Crippen LogP contribution in [0.3, 0.4) is 0 Å². The third kappa shape index (κ3) is 10.1. The number of carbonyl (C=O) groups is 3. The summed E-state index contributed by atoms with van der Waals surface area (Å²) in [5.41, 5.74) is 4.01. The lowest BCUT2D eigenvalue weighted by atomic mass is 10.0. The second-order valence-corrected chi connectivity index (χ2v) is 13.0. The van der Waals surface area contributed by atoms with Gasteiger partial charge < -0.3 is 14.4 Å². The summed E-state index contributed by atoms with van der Waals surface area (Å²) in [4.78, 5) is 47.4. The second kappa shape index (κ2) is 15.1. The first-order valence-electron chi connectivity index (χ1n) is 13.3. The minimum atomic E-state index is -5.08. The number of benzene rings is 2. The van der Waals surface area contributed by atoms with Crippen molar-refractivity contribution in [1.29, 1.82) is 0 Å². The van der Waals surface area contributed by atoms with Gasteiger partial charge in [0.15, 0.2) is 14.6 Å². The van der Waals surface area contributed by atoms with E-state index in [4.69, 9.17) is 19.8 Å². The minimum Gasteiger partial charge on any atom is -0.475 e. The van der Waals surface area contributed by atoms with Gasteiger partial charge in [-0.05, 0) is 67.7 Å². The van der Waals surface area contributed by atoms with Crippen molar-refractivity contribution < 1.29 is 51.0 Å². The summed E-state index contributed by atoms with van der Waals surface area (Å²) in [6, 6.07) is 15.1. The van der Waals surface area contributed by atoms with Gasteiger partial charge >= 0.3 is 18.1 Å². The number of carboxylic acids is 1. The number of nitrogens with one attached hydrogen (secondary N) is 1. The van der Waals surface area contributed by atoms with E-state index in [2.05, 4.69) is 0 Å². The molecule has 1 amide bonds. The normalized spacial score (nSPS) is 13.0. The van der Waals surface area contributed by atoms with E-state index in [1.54, 1.807) is 37.3 Å². The molecule has 12 nitrogen and oxygen atoms in total. The maximum Gasteiger partial charge on any atom is 0.490 e. The number of ether oxygens (including phenoxy) is 1. The number of carbonyl (C=O) groups excluding carboxylic acids is 2. The van der Waals surface area contributed by atoms with Gasteiger partial charge in [0.2, 0.25) is 0 Å². The maximum atomic E-state index is 13.1. The summed E-state index contributed by atoms with van der Waals surface area (Å²) in [6.45, 7) is 1.74. The van der Waals surface area contributed by atoms with E-state index in [0.29, 0.717) is 18.4 Å². The van der Waals surface area contributed by atoms with Crippen molar-refractivity contribution >= 4 is 38.5 Å². The van der Waals surface area contributed by atoms with Crippen LogP contribution in [-0.2, 0) is 41.9 Å². The lowest BCUT2D eigenvalue weighted by molar-refractivity contribution is -0.192. The first-order valence-corrected chi connectivity index (χ1v) is 15.2. The summed E-state index contributed by atoms with van der Waals surface area (Å²) in [6.07, 6.45) is -2.19. The fourth-order valence-electron chi connectivity index (χ4n) is 4.01. The Bertz CT molecular complexity index is 1690. The summed E-state index contributed by atoms with van der Waals surface area (Å²) < 4.78 is 60.8. The highest BCUT2D eigenvalue weighted by atomic mass is 32.2. The van der Waals surface area contributed by atoms with Crippen molar-refractivity contribution in [2.24, 2.45) is 0 Å². The van der Waals surface area contributed by atoms with E-state index in [-0.39, 0.29) is 31.0 Å². The molecule has 0 saturated carbocycles. The van der Waals surface area contributed by atoms with Crippen LogP contribution in [0.1, 0.15) is 18.9 Å². The van der Waals surface area contributed by atoms with Gasteiger partial charge in [-0.2, -0.15) is 13.2 Å². The number of esters is 1. The first-order chi connectivity index (χ1) is 20.8. The van der Waals surface area contributed by atoms with Crippen LogP contribution in [0.25, 0.3) is 21.9 Å². The molecule has 2 aromatic carbocycles. The zero-order valence-corrected chi connectivity index (χ0v) is 25.7. The number of sulfone groups is 1. The van der Waals surface area contributed by atoms with Gasteiger partial charge in [0, 0.05) is 30.8 Å². The van der Waals surface area contributed by atoms with E-state index in [1.165, 1.54) is 17.0 Å². The molecule has 0 aliphatic heterocycles. The van der Waals surface area contributed by atoms with Crippen molar-refractivity contribution in [1.82, 2.24) is 14.9 Å². The van der Waals surface area contributed by atoms with Crippen LogP contribution in [0.5, 0.6) is 0 Å². The number of nitrogens with zero attached hydrogens (tertiary/aromatic N) is 2. The van der Waals surface area contributed by atoms with Crippen molar-refractivity contribution in [2.75, 3.05) is 33.5 Å². The zero-order chi connectivity index (χ0) is 34.2. The number of hydroxylamine groups is 1. The molecule has 0 fully saturated rings. The van der Waals surface area contributed by atoms with Gasteiger partial charge in [-0.1, -0.05) is 30.3 Å². The van der Waals surface area contributed by atoms with Gasteiger partial charge in [0.1, 0.15) is 0 Å². The van der Waals surface area contributed by atoms with Crippen LogP contribution in [0, 0.1) is 0 Å². The molecule has 0 saturated heterocycles. The topological polar surface area (TPSA) is 172 Å². The maximum absolute atomic E-state index is 13.1. The van der Waals surface area contributed by atoms with E-state index >= 15 is 0 Å². The SMILES string of the molecule is CN(C)CC(=O)OCCc1ccc(-c2ccc3c(=O)n(CC[C@](C)(C(=O)NO)S(C)(=O)=O)ccc3c2)cc1.O=C(O)C(F)(F)F. The number of alkyl halides is 3. The van der Waals surface area contributed by atoms with Crippen molar-refractivity contribution in [2.45, 2.75) is 37.2 Å². The summed E-state index contributed by atoms with van der Waals surface area (Å²) in [7, 11) is -0.253. The number of aliphatic carboxylic acids is 1. The Balaban J connectivity index is 0.000000900. The number of halogens is 3. The number of pyridine rings is 1. The Hall–Kier alpha value is -4.28. The fourth-order valence-corrected chi connectivity index (χ4v) is 4.86. The van der Waals surface area contributed by atoms with Crippen LogP contribution in [0.2, 0.25) is 0 Å². The number of rotatable bonds is 11. The van der Waals surface area contributed by atoms with Crippen molar-refractivity contribution in [3.63, 3.8) is 0 Å². The molecule has 0 aliphatic rings. The highest BCUT2D eigenvalue weighted by Gasteiger charge is 2.43. The average Bonchev–Trinajstić information content (AvgIpc) is 2.95. The van der Waals surface area contributed by atoms with Crippen LogP contribution < -0.4 is 11.0 Å². The molecule has 0 unspecified atom stereocenters. The lowest BCUT2D eigenvalue weighted by Crippen LogP contribution is -2.49. The predicted molar refractivity (Wildman–Crippen MR) is 158 cm³/mol.